The molecule has 0 aliphatic heterocycles. The van der Waals surface area contributed by atoms with E-state index in [1.165, 1.54) is 12.8 Å². The molecule has 0 N–H and O–H groups in total. The molecule has 0 unspecified atom stereocenters. The number of carbonyl (C=O) groups is 2. The summed E-state index contributed by atoms with van der Waals surface area (Å²) in [5, 5.41) is 0. The molecule has 2 nitrogen and oxygen atoms in total. The maximum absolute atomic E-state index is 12.4. The van der Waals surface area contributed by atoms with Crippen LogP contribution in [0.25, 0.3) is 0 Å². The minimum atomic E-state index is -0.227. The van der Waals surface area contributed by atoms with Crippen LogP contribution in [0, 0.1) is 0 Å². The molecular formula is C20H24IO2-. The first-order valence-electron chi connectivity index (χ1n) is 8.19. The topological polar surface area (TPSA) is 34.1 Å². The Bertz CT molecular complexity index is 684. The maximum atomic E-state index is 12.4. The quantitative estimate of drug-likeness (QED) is 0.381. The van der Waals surface area contributed by atoms with E-state index in [9.17, 15) is 9.59 Å². The molecule has 2 rings (SSSR count). The fourth-order valence-corrected chi connectivity index (χ4v) is 5.63. The molecule has 0 radical (unpaired) electrons. The molecule has 3 heteroatoms. The van der Waals surface area contributed by atoms with Gasteiger partial charge < -0.3 is 0 Å². The Kier molecular flexibility index (Phi) is 6.33. The SMILES string of the molecule is CCCC[I-]C1=C/C(=C2\C=C(C)C(=O)C(CC)=C2)C=C(C)C1=O. The zero-order valence-corrected chi connectivity index (χ0v) is 16.5. The average molecular weight is 423 g/mol. The Balaban J connectivity index is 2.42. The number of allylic oxidation sites excluding steroid dienone is 10. The molecule has 0 aromatic rings. The molecule has 0 aromatic heterocycles. The second kappa shape index (κ2) is 8.04. The summed E-state index contributed by atoms with van der Waals surface area (Å²) in [6.07, 6.45) is 11.1. The first-order valence-corrected chi connectivity index (χ1v) is 10.8. The summed E-state index contributed by atoms with van der Waals surface area (Å²) in [4.78, 5) is 24.5. The van der Waals surface area contributed by atoms with Crippen molar-refractivity contribution in [3.8, 4) is 0 Å². The predicted molar refractivity (Wildman–Crippen MR) is 90.8 cm³/mol. The molecule has 0 saturated carbocycles. The first-order chi connectivity index (χ1) is 11.0. The zero-order valence-electron chi connectivity index (χ0n) is 14.3. The van der Waals surface area contributed by atoms with Crippen LogP contribution in [0.2, 0.25) is 0 Å². The van der Waals surface area contributed by atoms with Crippen LogP contribution in [-0.4, -0.2) is 16.0 Å². The summed E-state index contributed by atoms with van der Waals surface area (Å²) in [5.74, 6) is 0.356. The van der Waals surface area contributed by atoms with Gasteiger partial charge in [-0.2, -0.15) is 0 Å². The van der Waals surface area contributed by atoms with Gasteiger partial charge in [0, 0.05) is 0 Å². The van der Waals surface area contributed by atoms with Gasteiger partial charge in [0.2, 0.25) is 0 Å². The van der Waals surface area contributed by atoms with Crippen molar-refractivity contribution >= 4 is 11.6 Å². The molecule has 0 atom stereocenters. The van der Waals surface area contributed by atoms with Crippen molar-refractivity contribution in [2.45, 2.75) is 47.0 Å². The van der Waals surface area contributed by atoms with Crippen molar-refractivity contribution in [2.75, 3.05) is 4.43 Å². The van der Waals surface area contributed by atoms with E-state index < -0.39 is 0 Å². The van der Waals surface area contributed by atoms with Gasteiger partial charge in [0.15, 0.2) is 0 Å². The minimum absolute atomic E-state index is 0.143. The van der Waals surface area contributed by atoms with E-state index in [1.54, 1.807) is 0 Å². The van der Waals surface area contributed by atoms with Gasteiger partial charge in [-0.1, -0.05) is 0 Å². The van der Waals surface area contributed by atoms with Gasteiger partial charge in [0.25, 0.3) is 0 Å². The van der Waals surface area contributed by atoms with E-state index in [2.05, 4.69) is 13.0 Å². The number of ketones is 2. The van der Waals surface area contributed by atoms with Crippen molar-refractivity contribution in [1.29, 1.82) is 0 Å². The van der Waals surface area contributed by atoms with Gasteiger partial charge in [0.1, 0.15) is 0 Å². The molecular weight excluding hydrogens is 399 g/mol. The van der Waals surface area contributed by atoms with E-state index in [0.717, 1.165) is 42.3 Å². The van der Waals surface area contributed by atoms with Crippen LogP contribution in [-0.2, 0) is 9.59 Å². The van der Waals surface area contributed by atoms with Crippen molar-refractivity contribution in [3.05, 3.63) is 55.7 Å². The second-order valence-corrected chi connectivity index (χ2v) is 8.92. The number of halogens is 1. The van der Waals surface area contributed by atoms with Gasteiger partial charge in [-0.3, -0.25) is 0 Å². The van der Waals surface area contributed by atoms with Crippen molar-refractivity contribution in [2.24, 2.45) is 0 Å². The molecule has 0 aromatic carbocycles. The molecule has 0 bridgehead atoms. The van der Waals surface area contributed by atoms with Crippen LogP contribution in [0.15, 0.2) is 55.7 Å². The average Bonchev–Trinajstić information content (AvgIpc) is 2.53. The molecule has 2 aliphatic carbocycles. The number of unbranched alkanes of at least 4 members (excludes halogenated alkanes) is 1. The van der Waals surface area contributed by atoms with Gasteiger partial charge >= 0.3 is 149 Å². The molecule has 23 heavy (non-hydrogen) atoms. The third-order valence-corrected chi connectivity index (χ3v) is 6.95. The summed E-state index contributed by atoms with van der Waals surface area (Å²) >= 11 is -0.227. The number of hydrogen-bond donors (Lipinski definition) is 0. The number of hydrogen-bond acceptors (Lipinski definition) is 2. The fraction of sp³-hybridized carbons (Fsp3) is 0.400. The van der Waals surface area contributed by atoms with E-state index in [0.29, 0.717) is 0 Å². The standard InChI is InChI=1S/C20H24IO2/c1-5-7-8-21-18-12-17(10-14(4)20(18)23)16-9-13(3)19(22)15(6-2)11-16/h9-12H,5-8H2,1-4H3/q-1/b17-16+. The molecule has 0 fully saturated rings. The summed E-state index contributed by atoms with van der Waals surface area (Å²) < 4.78 is 2.17. The van der Waals surface area contributed by atoms with Gasteiger partial charge in [-0.25, -0.2) is 0 Å². The summed E-state index contributed by atoms with van der Waals surface area (Å²) in [5.41, 5.74) is 4.58. The Morgan fingerprint density at radius 1 is 0.870 bits per heavy atom. The Labute approximate surface area is 149 Å². The van der Waals surface area contributed by atoms with E-state index in [-0.39, 0.29) is 32.8 Å². The van der Waals surface area contributed by atoms with Crippen molar-refractivity contribution in [1.82, 2.24) is 0 Å². The predicted octanol–water partition coefficient (Wildman–Crippen LogP) is 1.45. The van der Waals surface area contributed by atoms with E-state index in [4.69, 9.17) is 0 Å². The Morgan fingerprint density at radius 2 is 1.48 bits per heavy atom. The van der Waals surface area contributed by atoms with Crippen molar-refractivity contribution in [3.63, 3.8) is 0 Å². The normalized spacial score (nSPS) is 21.9. The molecule has 0 saturated heterocycles. The molecule has 0 heterocycles. The summed E-state index contributed by atoms with van der Waals surface area (Å²) in [6, 6.07) is 0. The van der Waals surface area contributed by atoms with Crippen LogP contribution in [0.5, 0.6) is 0 Å². The van der Waals surface area contributed by atoms with E-state index >= 15 is 0 Å². The first kappa shape index (κ1) is 18.1. The van der Waals surface area contributed by atoms with Gasteiger partial charge in [0.05, 0.1) is 0 Å². The molecule has 124 valence electrons. The van der Waals surface area contributed by atoms with Crippen LogP contribution in [0.1, 0.15) is 47.0 Å². The van der Waals surface area contributed by atoms with Crippen LogP contribution in [0.3, 0.4) is 0 Å². The zero-order chi connectivity index (χ0) is 17.0. The second-order valence-electron chi connectivity index (χ2n) is 5.92. The van der Waals surface area contributed by atoms with E-state index in [1.807, 2.05) is 39.0 Å². The monoisotopic (exact) mass is 423 g/mol. The van der Waals surface area contributed by atoms with Crippen LogP contribution < -0.4 is 21.2 Å². The number of alkyl halides is 1. The van der Waals surface area contributed by atoms with Crippen LogP contribution in [0.4, 0.5) is 0 Å². The molecule has 0 spiro atoms. The van der Waals surface area contributed by atoms with Gasteiger partial charge in [-0.15, -0.1) is 0 Å². The summed E-state index contributed by atoms with van der Waals surface area (Å²) in [7, 11) is 0. The third-order valence-electron chi connectivity index (χ3n) is 4.02. The number of rotatable bonds is 5. The van der Waals surface area contributed by atoms with Crippen molar-refractivity contribution < 1.29 is 30.8 Å². The summed E-state index contributed by atoms with van der Waals surface area (Å²) in [6.45, 7) is 7.96. The Morgan fingerprint density at radius 3 is 2.09 bits per heavy atom. The Hall–Kier alpha value is -1.23. The van der Waals surface area contributed by atoms with Crippen LogP contribution >= 0.6 is 0 Å². The third kappa shape index (κ3) is 4.19. The number of carbonyl (C=O) groups excluding carboxylic acids is 2. The fourth-order valence-electron chi connectivity index (χ4n) is 2.58. The molecule has 0 amide bonds. The number of Topliss-reactive ketones (excluding diaryl/α,β-unsaturated/α-hetero) is 2. The van der Waals surface area contributed by atoms with Gasteiger partial charge in [-0.05, 0) is 0 Å². The molecule has 2 aliphatic rings.